The fraction of sp³-hybridized carbons (Fsp3) is 0.308. The molecule has 0 fully saturated rings. The van der Waals surface area contributed by atoms with Crippen LogP contribution in [-0.4, -0.2) is 15.0 Å². The maximum Gasteiger partial charge on any atom is 0.223 e. The molecule has 1 heterocycles. The van der Waals surface area contributed by atoms with Crippen LogP contribution in [0.15, 0.2) is 18.2 Å². The van der Waals surface area contributed by atoms with Crippen LogP contribution in [0, 0.1) is 5.82 Å². The Balaban J connectivity index is 2.38. The van der Waals surface area contributed by atoms with Gasteiger partial charge in [-0.1, -0.05) is 31.5 Å². The highest BCUT2D eigenvalue weighted by atomic mass is 35.5. The summed E-state index contributed by atoms with van der Waals surface area (Å²) < 4.78 is 13.7. The molecule has 2 rings (SSSR count). The lowest BCUT2D eigenvalue weighted by Gasteiger charge is -2.08. The van der Waals surface area contributed by atoms with Gasteiger partial charge in [-0.2, -0.15) is 9.97 Å². The van der Waals surface area contributed by atoms with Gasteiger partial charge in [0.1, 0.15) is 17.5 Å². The van der Waals surface area contributed by atoms with Gasteiger partial charge in [-0.05, 0) is 12.1 Å². The molecule has 1 aromatic heterocycles. The van der Waals surface area contributed by atoms with Crippen molar-refractivity contribution in [3.63, 3.8) is 0 Å². The summed E-state index contributed by atoms with van der Waals surface area (Å²) in [7, 11) is 0. The molecule has 0 atom stereocenters. The van der Waals surface area contributed by atoms with Crippen LogP contribution in [0.5, 0.6) is 0 Å². The minimum absolute atomic E-state index is 0.125. The van der Waals surface area contributed by atoms with E-state index in [1.54, 1.807) is 12.1 Å². The van der Waals surface area contributed by atoms with Crippen LogP contribution in [-0.2, 0) is 6.42 Å². The molecule has 0 saturated carbocycles. The number of rotatable bonds is 3. The first-order chi connectivity index (χ1) is 8.97. The molecule has 0 amide bonds. The Morgan fingerprint density at radius 3 is 2.63 bits per heavy atom. The molecular formula is C13H14ClFN4. The van der Waals surface area contributed by atoms with E-state index in [0.717, 1.165) is 0 Å². The van der Waals surface area contributed by atoms with Crippen LogP contribution in [0.4, 0.5) is 10.3 Å². The van der Waals surface area contributed by atoms with Crippen molar-refractivity contribution in [2.75, 3.05) is 5.73 Å². The largest absolute Gasteiger partial charge is 0.368 e. The summed E-state index contributed by atoms with van der Waals surface area (Å²) in [4.78, 5) is 12.4. The van der Waals surface area contributed by atoms with Gasteiger partial charge in [-0.25, -0.2) is 9.37 Å². The van der Waals surface area contributed by atoms with Crippen molar-refractivity contribution in [1.29, 1.82) is 0 Å². The average Bonchev–Trinajstić information content (AvgIpc) is 2.33. The number of halogens is 2. The summed E-state index contributed by atoms with van der Waals surface area (Å²) in [5, 5.41) is 0.352. The highest BCUT2D eigenvalue weighted by Crippen LogP contribution is 2.21. The fourth-order valence-corrected chi connectivity index (χ4v) is 1.88. The summed E-state index contributed by atoms with van der Waals surface area (Å²) in [5.41, 5.74) is 6.00. The van der Waals surface area contributed by atoms with Gasteiger partial charge in [0.15, 0.2) is 0 Å². The van der Waals surface area contributed by atoms with E-state index in [1.807, 2.05) is 13.8 Å². The van der Waals surface area contributed by atoms with Gasteiger partial charge in [-0.3, -0.25) is 0 Å². The number of nitrogens with zero attached hydrogens (tertiary/aromatic N) is 3. The molecule has 100 valence electrons. The maximum atomic E-state index is 13.7. The quantitative estimate of drug-likeness (QED) is 0.939. The van der Waals surface area contributed by atoms with Crippen LogP contribution < -0.4 is 5.73 Å². The molecule has 6 heteroatoms. The van der Waals surface area contributed by atoms with Crippen molar-refractivity contribution >= 4 is 17.5 Å². The van der Waals surface area contributed by atoms with Gasteiger partial charge in [0.05, 0.1) is 0 Å². The molecule has 0 unspecified atom stereocenters. The Kier molecular flexibility index (Phi) is 3.95. The fourth-order valence-electron chi connectivity index (χ4n) is 1.65. The second kappa shape index (κ2) is 5.48. The summed E-state index contributed by atoms with van der Waals surface area (Å²) >= 11 is 5.98. The van der Waals surface area contributed by atoms with Gasteiger partial charge in [0, 0.05) is 22.9 Å². The molecule has 0 radical (unpaired) electrons. The number of hydrogen-bond acceptors (Lipinski definition) is 4. The first-order valence-corrected chi connectivity index (χ1v) is 6.28. The van der Waals surface area contributed by atoms with E-state index in [1.165, 1.54) is 6.07 Å². The molecule has 2 N–H and O–H groups in total. The third-order valence-electron chi connectivity index (χ3n) is 2.63. The number of aromatic nitrogens is 3. The highest BCUT2D eigenvalue weighted by Gasteiger charge is 2.12. The topological polar surface area (TPSA) is 64.7 Å². The number of hydrogen-bond donors (Lipinski definition) is 1. The van der Waals surface area contributed by atoms with Crippen LogP contribution in [0.25, 0.3) is 0 Å². The highest BCUT2D eigenvalue weighted by molar-refractivity contribution is 6.31. The number of benzene rings is 1. The number of nitrogens with two attached hydrogens (primary N) is 1. The zero-order valence-corrected chi connectivity index (χ0v) is 11.4. The zero-order chi connectivity index (χ0) is 14.0. The third kappa shape index (κ3) is 3.17. The second-order valence-electron chi connectivity index (χ2n) is 4.50. The van der Waals surface area contributed by atoms with Crippen molar-refractivity contribution in [2.45, 2.75) is 26.2 Å². The SMILES string of the molecule is CC(C)c1nc(N)nc(Cc2c(F)cccc2Cl)n1. The van der Waals surface area contributed by atoms with E-state index in [2.05, 4.69) is 15.0 Å². The number of nitrogen functional groups attached to an aromatic ring is 1. The van der Waals surface area contributed by atoms with E-state index >= 15 is 0 Å². The standard InChI is InChI=1S/C13H14ClFN4/c1-7(2)12-17-11(18-13(16)19-12)6-8-9(14)4-3-5-10(8)15/h3-5,7H,6H2,1-2H3,(H2,16,17,18,19). The summed E-state index contributed by atoms with van der Waals surface area (Å²) in [6.45, 7) is 3.91. The van der Waals surface area contributed by atoms with Gasteiger partial charge in [0.2, 0.25) is 5.95 Å². The summed E-state index contributed by atoms with van der Waals surface area (Å²) in [5.74, 6) is 0.900. The Labute approximate surface area is 115 Å². The van der Waals surface area contributed by atoms with Crippen molar-refractivity contribution < 1.29 is 4.39 Å². The van der Waals surface area contributed by atoms with Crippen molar-refractivity contribution in [1.82, 2.24) is 15.0 Å². The molecule has 2 aromatic rings. The van der Waals surface area contributed by atoms with E-state index in [9.17, 15) is 4.39 Å². The molecule has 19 heavy (non-hydrogen) atoms. The molecule has 1 aromatic carbocycles. The Morgan fingerprint density at radius 2 is 2.00 bits per heavy atom. The molecule has 0 bridgehead atoms. The lowest BCUT2D eigenvalue weighted by atomic mass is 10.1. The van der Waals surface area contributed by atoms with Gasteiger partial charge >= 0.3 is 0 Å². The average molecular weight is 281 g/mol. The first-order valence-electron chi connectivity index (χ1n) is 5.90. The van der Waals surface area contributed by atoms with Gasteiger partial charge < -0.3 is 5.73 Å². The van der Waals surface area contributed by atoms with E-state index in [4.69, 9.17) is 17.3 Å². The summed E-state index contributed by atoms with van der Waals surface area (Å²) in [6.07, 6.45) is 0.192. The minimum atomic E-state index is -0.377. The molecule has 0 aliphatic rings. The molecule has 0 aliphatic carbocycles. The number of anilines is 1. The Hall–Kier alpha value is -1.75. The molecular weight excluding hydrogens is 267 g/mol. The monoisotopic (exact) mass is 280 g/mol. The van der Waals surface area contributed by atoms with Crippen molar-refractivity contribution in [3.8, 4) is 0 Å². The lowest BCUT2D eigenvalue weighted by Crippen LogP contribution is -2.09. The first kappa shape index (κ1) is 13.7. The predicted octanol–water partition coefficient (Wildman–Crippen LogP) is 2.96. The zero-order valence-electron chi connectivity index (χ0n) is 10.7. The minimum Gasteiger partial charge on any atom is -0.368 e. The van der Waals surface area contributed by atoms with Crippen LogP contribution in [0.3, 0.4) is 0 Å². The smallest absolute Gasteiger partial charge is 0.223 e. The molecule has 0 saturated heterocycles. The Morgan fingerprint density at radius 1 is 1.26 bits per heavy atom. The summed E-state index contributed by atoms with van der Waals surface area (Å²) in [6, 6.07) is 4.55. The molecule has 4 nitrogen and oxygen atoms in total. The Bertz CT molecular complexity index is 581. The molecule has 0 spiro atoms. The van der Waals surface area contributed by atoms with Crippen molar-refractivity contribution in [3.05, 3.63) is 46.3 Å². The van der Waals surface area contributed by atoms with Crippen LogP contribution in [0.1, 0.15) is 37.0 Å². The van der Waals surface area contributed by atoms with Gasteiger partial charge in [0.25, 0.3) is 0 Å². The van der Waals surface area contributed by atoms with Crippen LogP contribution >= 0.6 is 11.6 Å². The maximum absolute atomic E-state index is 13.7. The van der Waals surface area contributed by atoms with E-state index < -0.39 is 0 Å². The van der Waals surface area contributed by atoms with Crippen molar-refractivity contribution in [2.24, 2.45) is 0 Å². The van der Waals surface area contributed by atoms with Gasteiger partial charge in [-0.15, -0.1) is 0 Å². The second-order valence-corrected chi connectivity index (χ2v) is 4.91. The normalized spacial score (nSPS) is 11.0. The van der Waals surface area contributed by atoms with E-state index in [0.29, 0.717) is 22.2 Å². The third-order valence-corrected chi connectivity index (χ3v) is 2.98. The lowest BCUT2D eigenvalue weighted by molar-refractivity contribution is 0.611. The predicted molar refractivity (Wildman–Crippen MR) is 72.5 cm³/mol. The van der Waals surface area contributed by atoms with Crippen LogP contribution in [0.2, 0.25) is 5.02 Å². The van der Waals surface area contributed by atoms with E-state index in [-0.39, 0.29) is 24.1 Å². The molecule has 0 aliphatic heterocycles.